The second-order valence-corrected chi connectivity index (χ2v) is 7.49. The molecule has 0 atom stereocenters. The van der Waals surface area contributed by atoms with Crippen molar-refractivity contribution in [3.05, 3.63) is 101 Å². The fourth-order valence-corrected chi connectivity index (χ4v) is 3.93. The molecule has 2 nitrogen and oxygen atoms in total. The minimum atomic E-state index is -0.320. The molecule has 0 aliphatic carbocycles. The molecule has 0 heterocycles. The van der Waals surface area contributed by atoms with E-state index < -0.39 is 0 Å². The first kappa shape index (κ1) is 20.1. The van der Waals surface area contributed by atoms with Crippen molar-refractivity contribution in [1.29, 1.82) is 0 Å². The molecule has 0 aliphatic rings. The van der Waals surface area contributed by atoms with Crippen LogP contribution in [0.2, 0.25) is 0 Å². The lowest BCUT2D eigenvalue weighted by Gasteiger charge is -2.18. The maximum absolute atomic E-state index is 13.3. The summed E-state index contributed by atoms with van der Waals surface area (Å²) in [5.74, 6) is -0.544. The Bertz CT molecular complexity index is 863. The Morgan fingerprint density at radius 1 is 0.857 bits per heavy atom. The lowest BCUT2D eigenvalue weighted by Crippen LogP contribution is -2.15. The van der Waals surface area contributed by atoms with Crippen molar-refractivity contribution < 1.29 is 13.6 Å². The van der Waals surface area contributed by atoms with E-state index in [1.807, 2.05) is 24.3 Å². The number of nitrogens with one attached hydrogen (secondary N) is 1. The number of carbonyl (C=O) groups excluding carboxylic acids is 1. The summed E-state index contributed by atoms with van der Waals surface area (Å²) >= 11 is 1.42. The van der Waals surface area contributed by atoms with Crippen molar-refractivity contribution in [2.24, 2.45) is 0 Å². The fraction of sp³-hybridized carbons (Fsp3) is 0.174. The third kappa shape index (κ3) is 5.42. The van der Waals surface area contributed by atoms with Crippen molar-refractivity contribution in [3.8, 4) is 0 Å². The van der Waals surface area contributed by atoms with Gasteiger partial charge in [-0.2, -0.15) is 0 Å². The molecule has 0 aromatic heterocycles. The van der Waals surface area contributed by atoms with Gasteiger partial charge in [0.15, 0.2) is 0 Å². The first-order valence-electron chi connectivity index (χ1n) is 9.06. The van der Waals surface area contributed by atoms with Crippen LogP contribution < -0.4 is 5.32 Å². The predicted octanol–water partition coefficient (Wildman–Crippen LogP) is 5.99. The Labute approximate surface area is 168 Å². The lowest BCUT2D eigenvalue weighted by atomic mass is 10.0. The number of thioether (sulfide) groups is 1. The third-order valence-electron chi connectivity index (χ3n) is 4.37. The predicted molar refractivity (Wildman–Crippen MR) is 112 cm³/mol. The molecule has 0 aliphatic heterocycles. The van der Waals surface area contributed by atoms with Crippen molar-refractivity contribution in [2.45, 2.75) is 18.6 Å². The topological polar surface area (TPSA) is 29.1 Å². The molecule has 5 heteroatoms. The van der Waals surface area contributed by atoms with Crippen molar-refractivity contribution >= 4 is 23.4 Å². The molecule has 28 heavy (non-hydrogen) atoms. The molecule has 144 valence electrons. The van der Waals surface area contributed by atoms with Gasteiger partial charge in [0, 0.05) is 5.69 Å². The van der Waals surface area contributed by atoms with Gasteiger partial charge in [-0.15, -0.1) is 11.8 Å². The van der Waals surface area contributed by atoms with E-state index in [4.69, 9.17) is 0 Å². The normalized spacial score (nSPS) is 10.9. The van der Waals surface area contributed by atoms with Crippen LogP contribution in [0, 0.1) is 11.6 Å². The zero-order valence-electron chi connectivity index (χ0n) is 15.5. The third-order valence-corrected chi connectivity index (χ3v) is 5.68. The van der Waals surface area contributed by atoms with Crippen LogP contribution in [0.25, 0.3) is 0 Å². The van der Waals surface area contributed by atoms with Crippen LogP contribution in [0.5, 0.6) is 0 Å². The van der Waals surface area contributed by atoms with Crippen LogP contribution >= 0.6 is 11.8 Å². The molecule has 0 fully saturated rings. The van der Waals surface area contributed by atoms with Gasteiger partial charge in [-0.25, -0.2) is 8.78 Å². The van der Waals surface area contributed by atoms with Crippen molar-refractivity contribution in [1.82, 2.24) is 0 Å². The minimum Gasteiger partial charge on any atom is -0.325 e. The molecule has 0 saturated heterocycles. The number of carbonyl (C=O) groups is 1. The van der Waals surface area contributed by atoms with Crippen LogP contribution in [0.4, 0.5) is 14.5 Å². The molecule has 1 amide bonds. The van der Waals surface area contributed by atoms with Gasteiger partial charge in [0.1, 0.15) is 11.6 Å². The molecule has 1 N–H and O–H groups in total. The molecular weight excluding hydrogens is 376 g/mol. The maximum atomic E-state index is 13.3. The van der Waals surface area contributed by atoms with Gasteiger partial charge in [0.25, 0.3) is 0 Å². The Morgan fingerprint density at radius 3 is 1.82 bits per heavy atom. The number of rotatable bonds is 7. The first-order chi connectivity index (χ1) is 13.5. The molecule has 0 spiro atoms. The Hall–Kier alpha value is -2.66. The average Bonchev–Trinajstić information content (AvgIpc) is 2.71. The smallest absolute Gasteiger partial charge is 0.234 e. The highest BCUT2D eigenvalue weighted by Gasteiger charge is 2.17. The summed E-state index contributed by atoms with van der Waals surface area (Å²) in [4.78, 5) is 12.4. The number of anilines is 1. The molecular formula is C23H21F2NOS. The molecule has 3 aromatic carbocycles. The molecule has 0 bridgehead atoms. The van der Waals surface area contributed by atoms with Gasteiger partial charge in [0.2, 0.25) is 5.91 Å². The largest absolute Gasteiger partial charge is 0.325 e. The summed E-state index contributed by atoms with van der Waals surface area (Å²) in [6.07, 6.45) is 0.946. The van der Waals surface area contributed by atoms with E-state index in [0.29, 0.717) is 0 Å². The van der Waals surface area contributed by atoms with Gasteiger partial charge in [-0.1, -0.05) is 43.3 Å². The maximum Gasteiger partial charge on any atom is 0.234 e. The monoisotopic (exact) mass is 397 g/mol. The minimum absolute atomic E-state index is 0.122. The number of benzene rings is 3. The van der Waals surface area contributed by atoms with Gasteiger partial charge in [-0.05, 0) is 59.5 Å². The summed E-state index contributed by atoms with van der Waals surface area (Å²) in [5, 5.41) is 2.69. The van der Waals surface area contributed by atoms with E-state index >= 15 is 0 Å². The zero-order chi connectivity index (χ0) is 19.9. The van der Waals surface area contributed by atoms with E-state index in [1.54, 1.807) is 24.3 Å². The Kier molecular flexibility index (Phi) is 6.82. The summed E-state index contributed by atoms with van der Waals surface area (Å²) in [5.41, 5.74) is 3.68. The van der Waals surface area contributed by atoms with Crippen molar-refractivity contribution in [3.63, 3.8) is 0 Å². The summed E-state index contributed by atoms with van der Waals surface area (Å²) < 4.78 is 26.6. The van der Waals surface area contributed by atoms with Crippen LogP contribution in [-0.2, 0) is 11.2 Å². The summed E-state index contributed by atoms with van der Waals surface area (Å²) in [6.45, 7) is 2.08. The second-order valence-electron chi connectivity index (χ2n) is 6.39. The van der Waals surface area contributed by atoms with Crippen molar-refractivity contribution in [2.75, 3.05) is 11.1 Å². The van der Waals surface area contributed by atoms with E-state index in [2.05, 4.69) is 12.2 Å². The summed E-state index contributed by atoms with van der Waals surface area (Å²) in [6, 6.07) is 20.1. The van der Waals surface area contributed by atoms with Crippen LogP contribution in [0.3, 0.4) is 0 Å². The van der Waals surface area contributed by atoms with Gasteiger partial charge >= 0.3 is 0 Å². The molecule has 0 saturated carbocycles. The van der Waals surface area contributed by atoms with Crippen LogP contribution in [-0.4, -0.2) is 11.7 Å². The summed E-state index contributed by atoms with van der Waals surface area (Å²) in [7, 11) is 0. The highest BCUT2D eigenvalue weighted by Crippen LogP contribution is 2.35. The van der Waals surface area contributed by atoms with E-state index in [-0.39, 0.29) is 28.5 Å². The number of aryl methyl sites for hydroxylation is 1. The molecule has 3 aromatic rings. The van der Waals surface area contributed by atoms with Gasteiger partial charge < -0.3 is 5.32 Å². The highest BCUT2D eigenvalue weighted by atomic mass is 32.2. The average molecular weight is 397 g/mol. The number of hydrogen-bond acceptors (Lipinski definition) is 2. The van der Waals surface area contributed by atoms with E-state index in [9.17, 15) is 13.6 Å². The van der Waals surface area contributed by atoms with Gasteiger partial charge in [-0.3, -0.25) is 4.79 Å². The van der Waals surface area contributed by atoms with E-state index in [1.165, 1.54) is 41.6 Å². The quantitative estimate of drug-likeness (QED) is 0.531. The van der Waals surface area contributed by atoms with Crippen LogP contribution in [0.1, 0.15) is 28.9 Å². The fourth-order valence-electron chi connectivity index (χ4n) is 2.84. The van der Waals surface area contributed by atoms with Gasteiger partial charge in [0.05, 0.1) is 11.0 Å². The molecule has 3 rings (SSSR count). The Balaban J connectivity index is 1.70. The number of amides is 1. The first-order valence-corrected chi connectivity index (χ1v) is 10.1. The molecule has 0 unspecified atom stereocenters. The lowest BCUT2D eigenvalue weighted by molar-refractivity contribution is -0.113. The Morgan fingerprint density at radius 2 is 1.36 bits per heavy atom. The highest BCUT2D eigenvalue weighted by molar-refractivity contribution is 8.00. The zero-order valence-corrected chi connectivity index (χ0v) is 16.3. The molecule has 0 radical (unpaired) electrons. The second kappa shape index (κ2) is 9.51. The van der Waals surface area contributed by atoms with E-state index in [0.717, 1.165) is 23.2 Å². The standard InChI is InChI=1S/C23H21F2NOS/c1-2-16-3-13-21(14-4-16)26-22(27)15-28-23(17-5-9-19(24)10-6-17)18-7-11-20(25)12-8-18/h3-14,23H,2,15H2,1H3,(H,26,27). The van der Waals surface area contributed by atoms with Crippen LogP contribution in [0.15, 0.2) is 72.8 Å². The number of halogens is 2. The number of hydrogen-bond donors (Lipinski definition) is 1. The SMILES string of the molecule is CCc1ccc(NC(=O)CSC(c2ccc(F)cc2)c2ccc(F)cc2)cc1.